The maximum absolute atomic E-state index is 4.39. The Bertz CT molecular complexity index is 692. The van der Waals surface area contributed by atoms with Gasteiger partial charge in [-0.25, -0.2) is 0 Å². The van der Waals surface area contributed by atoms with Crippen LogP contribution in [0.1, 0.15) is 5.56 Å². The molecular formula is C15H12N4S. The Kier molecular flexibility index (Phi) is 3.80. The molecule has 1 aromatic heterocycles. The van der Waals surface area contributed by atoms with Crippen molar-refractivity contribution in [2.24, 2.45) is 5.10 Å². The van der Waals surface area contributed by atoms with Gasteiger partial charge in [-0.05, 0) is 5.56 Å². The normalized spacial score (nSPS) is 10.8. The first-order valence-corrected chi connectivity index (χ1v) is 6.92. The second kappa shape index (κ2) is 6.08. The molecule has 5 heteroatoms. The van der Waals surface area contributed by atoms with E-state index < -0.39 is 0 Å². The van der Waals surface area contributed by atoms with Gasteiger partial charge in [0.2, 0.25) is 5.13 Å². The fourth-order valence-corrected chi connectivity index (χ4v) is 2.21. The van der Waals surface area contributed by atoms with Crippen molar-refractivity contribution >= 4 is 22.9 Å². The number of hydrogen-bond donors (Lipinski definition) is 1. The summed E-state index contributed by atoms with van der Waals surface area (Å²) in [4.78, 5) is 4.39. The summed E-state index contributed by atoms with van der Waals surface area (Å²) in [6.45, 7) is 0. The van der Waals surface area contributed by atoms with Crippen LogP contribution in [0.5, 0.6) is 0 Å². The zero-order valence-corrected chi connectivity index (χ0v) is 11.4. The van der Waals surface area contributed by atoms with Crippen molar-refractivity contribution in [1.29, 1.82) is 0 Å². The highest BCUT2D eigenvalue weighted by molar-refractivity contribution is 7.09. The van der Waals surface area contributed by atoms with E-state index in [9.17, 15) is 0 Å². The number of nitrogens with zero attached hydrogens (tertiary/aromatic N) is 3. The molecule has 20 heavy (non-hydrogen) atoms. The molecule has 0 saturated heterocycles. The third kappa shape index (κ3) is 3.07. The van der Waals surface area contributed by atoms with Gasteiger partial charge in [-0.2, -0.15) is 14.5 Å². The molecule has 0 aliphatic rings. The van der Waals surface area contributed by atoms with Crippen molar-refractivity contribution in [3.8, 4) is 11.4 Å². The Labute approximate surface area is 121 Å². The van der Waals surface area contributed by atoms with E-state index in [2.05, 4.69) is 19.9 Å². The summed E-state index contributed by atoms with van der Waals surface area (Å²) in [7, 11) is 0. The Morgan fingerprint density at radius 3 is 2.40 bits per heavy atom. The predicted molar refractivity (Wildman–Crippen MR) is 83.0 cm³/mol. The smallest absolute Gasteiger partial charge is 0.223 e. The Morgan fingerprint density at radius 2 is 1.65 bits per heavy atom. The molecule has 1 N–H and O–H groups in total. The highest BCUT2D eigenvalue weighted by Crippen LogP contribution is 2.20. The molecule has 0 unspecified atom stereocenters. The molecule has 0 amide bonds. The fourth-order valence-electron chi connectivity index (χ4n) is 1.67. The van der Waals surface area contributed by atoms with Crippen molar-refractivity contribution < 1.29 is 0 Å². The van der Waals surface area contributed by atoms with Gasteiger partial charge >= 0.3 is 0 Å². The molecule has 2 aromatic carbocycles. The zero-order chi connectivity index (χ0) is 13.6. The maximum Gasteiger partial charge on any atom is 0.223 e. The first kappa shape index (κ1) is 12.5. The van der Waals surface area contributed by atoms with Gasteiger partial charge in [0.25, 0.3) is 0 Å². The fraction of sp³-hybridized carbons (Fsp3) is 0. The molecule has 4 nitrogen and oxygen atoms in total. The summed E-state index contributed by atoms with van der Waals surface area (Å²) < 4.78 is 4.31. The van der Waals surface area contributed by atoms with E-state index in [1.54, 1.807) is 6.21 Å². The topological polar surface area (TPSA) is 50.2 Å². The minimum absolute atomic E-state index is 0.677. The van der Waals surface area contributed by atoms with E-state index in [1.807, 2.05) is 60.7 Å². The third-order valence-corrected chi connectivity index (χ3v) is 3.25. The Balaban J connectivity index is 1.68. The molecule has 0 radical (unpaired) electrons. The van der Waals surface area contributed by atoms with E-state index in [1.165, 1.54) is 11.5 Å². The van der Waals surface area contributed by atoms with Crippen LogP contribution in [0.3, 0.4) is 0 Å². The molecule has 0 bridgehead atoms. The van der Waals surface area contributed by atoms with Gasteiger partial charge in [0, 0.05) is 17.1 Å². The molecule has 3 aromatic rings. The highest BCUT2D eigenvalue weighted by atomic mass is 32.1. The summed E-state index contributed by atoms with van der Waals surface area (Å²) in [6.07, 6.45) is 1.75. The molecule has 0 atom stereocenters. The molecule has 0 aliphatic carbocycles. The van der Waals surface area contributed by atoms with Crippen molar-refractivity contribution in [3.05, 3.63) is 66.2 Å². The lowest BCUT2D eigenvalue weighted by Gasteiger charge is -1.94. The number of nitrogens with one attached hydrogen (secondary N) is 1. The summed E-state index contributed by atoms with van der Waals surface area (Å²) in [5.41, 5.74) is 4.94. The number of hydrogen-bond acceptors (Lipinski definition) is 5. The van der Waals surface area contributed by atoms with Crippen LogP contribution in [0.15, 0.2) is 65.8 Å². The lowest BCUT2D eigenvalue weighted by Crippen LogP contribution is -1.89. The number of hydrazone groups is 1. The van der Waals surface area contributed by atoms with Crippen LogP contribution >= 0.6 is 11.5 Å². The molecule has 98 valence electrons. The van der Waals surface area contributed by atoms with Crippen molar-refractivity contribution in [2.75, 3.05) is 5.43 Å². The molecular weight excluding hydrogens is 268 g/mol. The van der Waals surface area contributed by atoms with Gasteiger partial charge < -0.3 is 0 Å². The summed E-state index contributed by atoms with van der Waals surface area (Å²) in [5, 5.41) is 4.83. The second-order valence-corrected chi connectivity index (χ2v) is 4.82. The molecule has 0 fully saturated rings. The first-order valence-electron chi connectivity index (χ1n) is 6.15. The maximum atomic E-state index is 4.39. The number of benzene rings is 2. The van der Waals surface area contributed by atoms with Crippen LogP contribution < -0.4 is 5.43 Å². The average Bonchev–Trinajstić information content (AvgIpc) is 2.98. The van der Waals surface area contributed by atoms with E-state index in [-0.39, 0.29) is 0 Å². The highest BCUT2D eigenvalue weighted by Gasteiger charge is 2.04. The molecule has 1 heterocycles. The van der Waals surface area contributed by atoms with Gasteiger partial charge in [-0.15, -0.1) is 0 Å². The van der Waals surface area contributed by atoms with Gasteiger partial charge in [0.1, 0.15) is 0 Å². The predicted octanol–water partition coefficient (Wildman–Crippen LogP) is 3.65. The SMILES string of the molecule is C(=N/Nc1nc(-c2ccccc2)ns1)/c1ccccc1. The quantitative estimate of drug-likeness (QED) is 0.586. The lowest BCUT2D eigenvalue weighted by molar-refractivity contribution is 1.26. The lowest BCUT2D eigenvalue weighted by atomic mass is 10.2. The number of anilines is 1. The van der Waals surface area contributed by atoms with E-state index >= 15 is 0 Å². The first-order chi connectivity index (χ1) is 9.92. The van der Waals surface area contributed by atoms with Crippen molar-refractivity contribution in [3.63, 3.8) is 0 Å². The van der Waals surface area contributed by atoms with Crippen LogP contribution in [0.25, 0.3) is 11.4 Å². The Morgan fingerprint density at radius 1 is 0.950 bits per heavy atom. The third-order valence-electron chi connectivity index (χ3n) is 2.63. The number of rotatable bonds is 4. The van der Waals surface area contributed by atoms with Crippen LogP contribution in [-0.2, 0) is 0 Å². The summed E-state index contributed by atoms with van der Waals surface area (Å²) in [6, 6.07) is 19.8. The van der Waals surface area contributed by atoms with E-state index in [0.29, 0.717) is 11.0 Å². The average molecular weight is 280 g/mol. The molecule has 0 saturated carbocycles. The second-order valence-electron chi connectivity index (χ2n) is 4.07. The van der Waals surface area contributed by atoms with Crippen molar-refractivity contribution in [1.82, 2.24) is 9.36 Å². The minimum Gasteiger partial charge on any atom is -0.251 e. The Hall–Kier alpha value is -2.53. The molecule has 0 spiro atoms. The van der Waals surface area contributed by atoms with Gasteiger partial charge in [-0.3, -0.25) is 5.43 Å². The minimum atomic E-state index is 0.677. The van der Waals surface area contributed by atoms with Crippen LogP contribution in [0, 0.1) is 0 Å². The summed E-state index contributed by atoms with van der Waals surface area (Å²) >= 11 is 1.29. The van der Waals surface area contributed by atoms with Crippen molar-refractivity contribution in [2.45, 2.75) is 0 Å². The zero-order valence-electron chi connectivity index (χ0n) is 10.6. The van der Waals surface area contributed by atoms with Gasteiger partial charge in [-0.1, -0.05) is 60.7 Å². The van der Waals surface area contributed by atoms with Crippen LogP contribution in [0.4, 0.5) is 5.13 Å². The monoisotopic (exact) mass is 280 g/mol. The molecule has 0 aliphatic heterocycles. The summed E-state index contributed by atoms with van der Waals surface area (Å²) in [5.74, 6) is 0.716. The largest absolute Gasteiger partial charge is 0.251 e. The van der Waals surface area contributed by atoms with E-state index in [0.717, 1.165) is 11.1 Å². The van der Waals surface area contributed by atoms with Gasteiger partial charge in [0.05, 0.1) is 6.21 Å². The standard InChI is InChI=1S/C15H12N4S/c1-3-7-12(8-4-1)11-16-18-15-17-14(19-20-15)13-9-5-2-6-10-13/h1-11H,(H,17,18,19)/b16-11-. The van der Waals surface area contributed by atoms with E-state index in [4.69, 9.17) is 0 Å². The van der Waals surface area contributed by atoms with Gasteiger partial charge in [0.15, 0.2) is 5.82 Å². The number of aromatic nitrogens is 2. The van der Waals surface area contributed by atoms with Crippen LogP contribution in [-0.4, -0.2) is 15.6 Å². The molecule has 3 rings (SSSR count). The van der Waals surface area contributed by atoms with Crippen LogP contribution in [0.2, 0.25) is 0 Å².